The number of alkyl halides is 1. The molecule has 2 atom stereocenters. The lowest BCUT2D eigenvalue weighted by atomic mass is 9.98. The topological polar surface area (TPSA) is 9.23 Å². The maximum atomic E-state index is 6.09. The minimum atomic E-state index is 0.0254. The van der Waals surface area contributed by atoms with E-state index in [9.17, 15) is 0 Å². The molecule has 1 heterocycles. The molecule has 0 N–H and O–H groups in total. The third kappa shape index (κ3) is 1.23. The zero-order chi connectivity index (χ0) is 8.55. The van der Waals surface area contributed by atoms with Crippen LogP contribution in [0, 0.1) is 0 Å². The first kappa shape index (κ1) is 8.09. The molecule has 0 saturated heterocycles. The van der Waals surface area contributed by atoms with E-state index in [4.69, 9.17) is 16.3 Å². The van der Waals surface area contributed by atoms with Gasteiger partial charge in [0.05, 0.1) is 18.1 Å². The summed E-state index contributed by atoms with van der Waals surface area (Å²) in [6, 6.07) is 8.19. The highest BCUT2D eigenvalue weighted by atomic mass is 35.5. The molecule has 0 fully saturated rings. The maximum Gasteiger partial charge on any atom is 0.0822 e. The van der Waals surface area contributed by atoms with E-state index < -0.39 is 0 Å². The van der Waals surface area contributed by atoms with Crippen molar-refractivity contribution in [3.05, 3.63) is 35.4 Å². The van der Waals surface area contributed by atoms with Crippen LogP contribution in [0.3, 0.4) is 0 Å². The minimum absolute atomic E-state index is 0.0254. The van der Waals surface area contributed by atoms with Crippen LogP contribution in [-0.4, -0.2) is 6.61 Å². The normalized spacial score (nSPS) is 28.2. The first-order valence-electron chi connectivity index (χ1n) is 4.13. The van der Waals surface area contributed by atoms with Gasteiger partial charge in [0.1, 0.15) is 0 Å². The fraction of sp³-hybridized carbons (Fsp3) is 0.400. The van der Waals surface area contributed by atoms with Crippen molar-refractivity contribution >= 4 is 11.6 Å². The van der Waals surface area contributed by atoms with E-state index in [-0.39, 0.29) is 11.5 Å². The van der Waals surface area contributed by atoms with Crippen LogP contribution in [0.2, 0.25) is 0 Å². The van der Waals surface area contributed by atoms with Gasteiger partial charge in [0.2, 0.25) is 0 Å². The van der Waals surface area contributed by atoms with Gasteiger partial charge in [-0.3, -0.25) is 0 Å². The summed E-state index contributed by atoms with van der Waals surface area (Å²) in [5, 5.41) is 0.0254. The molecule has 0 bridgehead atoms. The SMILES string of the molecule is CC1OCC(Cl)c2ccccc21. The van der Waals surface area contributed by atoms with Crippen LogP contribution in [0.25, 0.3) is 0 Å². The van der Waals surface area contributed by atoms with Gasteiger partial charge in [0.15, 0.2) is 0 Å². The molecule has 2 heteroatoms. The lowest BCUT2D eigenvalue weighted by molar-refractivity contribution is 0.0527. The average Bonchev–Trinajstić information content (AvgIpc) is 2.12. The molecule has 1 aromatic rings. The standard InChI is InChI=1S/C10H11ClO/c1-7-8-4-2-3-5-9(8)10(11)6-12-7/h2-5,7,10H,6H2,1H3. The highest BCUT2D eigenvalue weighted by Gasteiger charge is 2.22. The van der Waals surface area contributed by atoms with Gasteiger partial charge in [0, 0.05) is 0 Å². The van der Waals surface area contributed by atoms with Crippen molar-refractivity contribution in [2.75, 3.05) is 6.61 Å². The van der Waals surface area contributed by atoms with E-state index in [1.54, 1.807) is 0 Å². The van der Waals surface area contributed by atoms with Gasteiger partial charge in [-0.15, -0.1) is 11.6 Å². The van der Waals surface area contributed by atoms with Gasteiger partial charge < -0.3 is 4.74 Å². The van der Waals surface area contributed by atoms with Crippen LogP contribution in [0.1, 0.15) is 29.5 Å². The van der Waals surface area contributed by atoms with Gasteiger partial charge >= 0.3 is 0 Å². The summed E-state index contributed by atoms with van der Waals surface area (Å²) < 4.78 is 5.48. The molecule has 1 aromatic carbocycles. The summed E-state index contributed by atoms with van der Waals surface area (Å²) in [6.45, 7) is 2.68. The smallest absolute Gasteiger partial charge is 0.0822 e. The van der Waals surface area contributed by atoms with Gasteiger partial charge in [-0.25, -0.2) is 0 Å². The van der Waals surface area contributed by atoms with Gasteiger partial charge in [-0.05, 0) is 18.1 Å². The van der Waals surface area contributed by atoms with Crippen LogP contribution in [0.4, 0.5) is 0 Å². The number of ether oxygens (including phenoxy) is 1. The van der Waals surface area contributed by atoms with Crippen LogP contribution in [0.5, 0.6) is 0 Å². The van der Waals surface area contributed by atoms with E-state index >= 15 is 0 Å². The Balaban J connectivity index is 2.47. The number of hydrogen-bond acceptors (Lipinski definition) is 1. The Morgan fingerprint density at radius 1 is 1.33 bits per heavy atom. The molecule has 0 saturated carbocycles. The Labute approximate surface area is 77.3 Å². The molecule has 2 rings (SSSR count). The van der Waals surface area contributed by atoms with E-state index in [0.29, 0.717) is 6.61 Å². The molecule has 1 nitrogen and oxygen atoms in total. The Morgan fingerprint density at radius 3 is 2.67 bits per heavy atom. The summed E-state index contributed by atoms with van der Waals surface area (Å²) in [5.41, 5.74) is 2.45. The molecule has 0 radical (unpaired) electrons. The second-order valence-electron chi connectivity index (χ2n) is 3.07. The molecular weight excluding hydrogens is 172 g/mol. The summed E-state index contributed by atoms with van der Waals surface area (Å²) >= 11 is 6.09. The lowest BCUT2D eigenvalue weighted by Gasteiger charge is -2.26. The average molecular weight is 183 g/mol. The predicted molar refractivity (Wildman–Crippen MR) is 49.4 cm³/mol. The van der Waals surface area contributed by atoms with Gasteiger partial charge in [0.25, 0.3) is 0 Å². The third-order valence-electron chi connectivity index (χ3n) is 2.26. The first-order valence-corrected chi connectivity index (χ1v) is 4.57. The summed E-state index contributed by atoms with van der Waals surface area (Å²) in [4.78, 5) is 0. The zero-order valence-electron chi connectivity index (χ0n) is 6.96. The number of halogens is 1. The van der Waals surface area contributed by atoms with E-state index in [1.807, 2.05) is 12.1 Å². The Kier molecular flexibility index (Phi) is 2.07. The highest BCUT2D eigenvalue weighted by Crippen LogP contribution is 2.35. The van der Waals surface area contributed by atoms with Crippen molar-refractivity contribution in [3.63, 3.8) is 0 Å². The minimum Gasteiger partial charge on any atom is -0.372 e. The van der Waals surface area contributed by atoms with Crippen molar-refractivity contribution in [2.24, 2.45) is 0 Å². The van der Waals surface area contributed by atoms with Crippen molar-refractivity contribution in [1.29, 1.82) is 0 Å². The largest absolute Gasteiger partial charge is 0.372 e. The molecule has 64 valence electrons. The quantitative estimate of drug-likeness (QED) is 0.561. The third-order valence-corrected chi connectivity index (χ3v) is 2.63. The molecule has 0 spiro atoms. The first-order chi connectivity index (χ1) is 5.79. The fourth-order valence-electron chi connectivity index (χ4n) is 1.57. The molecule has 0 aliphatic carbocycles. The Bertz CT molecular complexity index is 256. The van der Waals surface area contributed by atoms with Crippen molar-refractivity contribution in [2.45, 2.75) is 18.4 Å². The summed E-state index contributed by atoms with van der Waals surface area (Å²) in [7, 11) is 0. The van der Waals surface area contributed by atoms with Gasteiger partial charge in [-0.2, -0.15) is 0 Å². The van der Waals surface area contributed by atoms with E-state index in [1.165, 1.54) is 11.1 Å². The second kappa shape index (κ2) is 3.08. The lowest BCUT2D eigenvalue weighted by Crippen LogP contribution is -2.15. The Morgan fingerprint density at radius 2 is 2.00 bits per heavy atom. The highest BCUT2D eigenvalue weighted by molar-refractivity contribution is 6.21. The second-order valence-corrected chi connectivity index (χ2v) is 3.60. The number of hydrogen-bond donors (Lipinski definition) is 0. The van der Waals surface area contributed by atoms with E-state index in [2.05, 4.69) is 19.1 Å². The maximum absolute atomic E-state index is 6.09. The number of rotatable bonds is 0. The molecule has 1 aliphatic rings. The molecule has 0 amide bonds. The Hall–Kier alpha value is -0.530. The summed E-state index contributed by atoms with van der Waals surface area (Å²) in [5.74, 6) is 0. The molecule has 2 unspecified atom stereocenters. The fourth-order valence-corrected chi connectivity index (χ4v) is 1.85. The summed E-state index contributed by atoms with van der Waals surface area (Å²) in [6.07, 6.45) is 0.191. The molecular formula is C10H11ClO. The predicted octanol–water partition coefficient (Wildman–Crippen LogP) is 3.06. The van der Waals surface area contributed by atoms with Crippen molar-refractivity contribution < 1.29 is 4.74 Å². The molecule has 1 aliphatic heterocycles. The van der Waals surface area contributed by atoms with E-state index in [0.717, 1.165) is 0 Å². The molecule has 12 heavy (non-hydrogen) atoms. The van der Waals surface area contributed by atoms with Crippen LogP contribution in [0.15, 0.2) is 24.3 Å². The number of benzene rings is 1. The van der Waals surface area contributed by atoms with Crippen LogP contribution in [-0.2, 0) is 4.74 Å². The monoisotopic (exact) mass is 182 g/mol. The van der Waals surface area contributed by atoms with Gasteiger partial charge in [-0.1, -0.05) is 24.3 Å². The van der Waals surface area contributed by atoms with Crippen molar-refractivity contribution in [3.8, 4) is 0 Å². The molecule has 0 aromatic heterocycles. The zero-order valence-corrected chi connectivity index (χ0v) is 7.71. The van der Waals surface area contributed by atoms with Crippen LogP contribution >= 0.6 is 11.6 Å². The van der Waals surface area contributed by atoms with Crippen molar-refractivity contribution in [1.82, 2.24) is 0 Å². The van der Waals surface area contributed by atoms with Crippen LogP contribution < -0.4 is 0 Å². The number of fused-ring (bicyclic) bond motifs is 1.